The van der Waals surface area contributed by atoms with E-state index in [0.717, 1.165) is 45.0 Å². The molecule has 0 unspecified atom stereocenters. The lowest BCUT2D eigenvalue weighted by Gasteiger charge is -2.13. The van der Waals surface area contributed by atoms with Crippen molar-refractivity contribution in [3.8, 4) is 16.9 Å². The number of anilines is 2. The maximum Gasteiger partial charge on any atom is 0.143 e. The Morgan fingerprint density at radius 1 is 1.07 bits per heavy atom. The van der Waals surface area contributed by atoms with Crippen molar-refractivity contribution in [3.63, 3.8) is 0 Å². The van der Waals surface area contributed by atoms with E-state index in [-0.39, 0.29) is 0 Å². The van der Waals surface area contributed by atoms with Gasteiger partial charge in [0.1, 0.15) is 22.7 Å². The van der Waals surface area contributed by atoms with Crippen LogP contribution in [0.4, 0.5) is 11.5 Å². The lowest BCUT2D eigenvalue weighted by molar-refractivity contribution is 0.416. The molecule has 4 nitrogen and oxygen atoms in total. The number of ether oxygens (including phenoxy) is 1. The van der Waals surface area contributed by atoms with Gasteiger partial charge in [-0.15, -0.1) is 11.3 Å². The molecule has 4 aromatic rings. The van der Waals surface area contributed by atoms with Gasteiger partial charge in [0.25, 0.3) is 0 Å². The number of nitrogens with zero attached hydrogens (tertiary/aromatic N) is 2. The molecule has 1 N–H and O–H groups in total. The summed E-state index contributed by atoms with van der Waals surface area (Å²) >= 11 is 1.63. The number of thiophene rings is 1. The van der Waals surface area contributed by atoms with Gasteiger partial charge in [-0.05, 0) is 42.2 Å². The van der Waals surface area contributed by atoms with Gasteiger partial charge < -0.3 is 10.1 Å². The van der Waals surface area contributed by atoms with Gasteiger partial charge in [-0.3, -0.25) is 0 Å². The summed E-state index contributed by atoms with van der Waals surface area (Å²) in [7, 11) is 1.68. The highest BCUT2D eigenvalue weighted by atomic mass is 32.1. The second-order valence-corrected chi connectivity index (χ2v) is 7.29. The molecule has 0 atom stereocenters. The summed E-state index contributed by atoms with van der Waals surface area (Å²) in [4.78, 5) is 9.95. The summed E-state index contributed by atoms with van der Waals surface area (Å²) in [5.74, 6) is 1.58. The van der Waals surface area contributed by atoms with E-state index in [1.807, 2.05) is 12.1 Å². The first-order valence-corrected chi connectivity index (χ1v) is 9.80. The van der Waals surface area contributed by atoms with Crippen molar-refractivity contribution in [3.05, 3.63) is 65.3 Å². The van der Waals surface area contributed by atoms with Crippen LogP contribution in [0.5, 0.6) is 5.75 Å². The van der Waals surface area contributed by atoms with Gasteiger partial charge in [-0.25, -0.2) is 9.97 Å². The molecule has 136 valence electrons. The van der Waals surface area contributed by atoms with Crippen LogP contribution in [0.25, 0.3) is 21.3 Å². The highest BCUT2D eigenvalue weighted by molar-refractivity contribution is 7.17. The van der Waals surface area contributed by atoms with Crippen LogP contribution < -0.4 is 10.1 Å². The zero-order chi connectivity index (χ0) is 18.8. The maximum absolute atomic E-state index is 5.50. The van der Waals surface area contributed by atoms with Crippen molar-refractivity contribution in [2.24, 2.45) is 0 Å². The first kappa shape index (κ1) is 17.5. The predicted molar refractivity (Wildman–Crippen MR) is 113 cm³/mol. The molecule has 0 aliphatic heterocycles. The van der Waals surface area contributed by atoms with Crippen molar-refractivity contribution >= 4 is 33.1 Å². The Morgan fingerprint density at radius 3 is 2.63 bits per heavy atom. The average molecular weight is 375 g/mol. The fraction of sp³-hybridized carbons (Fsp3) is 0.182. The maximum atomic E-state index is 5.50. The molecule has 0 radical (unpaired) electrons. The fourth-order valence-electron chi connectivity index (χ4n) is 3.15. The zero-order valence-corrected chi connectivity index (χ0v) is 16.4. The molecule has 0 amide bonds. The van der Waals surface area contributed by atoms with Crippen molar-refractivity contribution in [2.75, 3.05) is 12.4 Å². The van der Waals surface area contributed by atoms with Crippen LogP contribution in [0.1, 0.15) is 18.1 Å². The van der Waals surface area contributed by atoms with Crippen LogP contribution in [0, 0.1) is 6.92 Å². The molecule has 2 aromatic carbocycles. The third-order valence-corrected chi connectivity index (χ3v) is 5.54. The second-order valence-electron chi connectivity index (χ2n) is 6.43. The Hall–Kier alpha value is -2.92. The van der Waals surface area contributed by atoms with E-state index in [2.05, 4.69) is 64.8 Å². The summed E-state index contributed by atoms with van der Waals surface area (Å²) in [5.41, 5.74) is 5.71. The monoisotopic (exact) mass is 375 g/mol. The van der Waals surface area contributed by atoms with Crippen LogP contribution in [-0.2, 0) is 6.42 Å². The molecular formula is C22H21N3OS. The predicted octanol–water partition coefficient (Wildman–Crippen LogP) is 5.98. The molecule has 2 heterocycles. The lowest BCUT2D eigenvalue weighted by atomic mass is 10.0. The summed E-state index contributed by atoms with van der Waals surface area (Å²) in [5, 5.41) is 6.65. The average Bonchev–Trinajstić information content (AvgIpc) is 3.13. The van der Waals surface area contributed by atoms with Crippen LogP contribution in [0.2, 0.25) is 0 Å². The van der Waals surface area contributed by atoms with Gasteiger partial charge >= 0.3 is 0 Å². The minimum absolute atomic E-state index is 0.788. The minimum Gasteiger partial charge on any atom is -0.495 e. The first-order valence-electron chi connectivity index (χ1n) is 8.92. The van der Waals surface area contributed by atoms with Crippen molar-refractivity contribution in [1.82, 2.24) is 9.97 Å². The highest BCUT2D eigenvalue weighted by Gasteiger charge is 2.14. The van der Waals surface area contributed by atoms with E-state index in [9.17, 15) is 0 Å². The van der Waals surface area contributed by atoms with E-state index in [4.69, 9.17) is 4.74 Å². The van der Waals surface area contributed by atoms with Gasteiger partial charge in [-0.1, -0.05) is 37.3 Å². The third kappa shape index (κ3) is 3.38. The Morgan fingerprint density at radius 2 is 1.89 bits per heavy atom. The Labute approximate surface area is 162 Å². The van der Waals surface area contributed by atoms with E-state index in [0.29, 0.717) is 0 Å². The number of hydrogen-bond acceptors (Lipinski definition) is 5. The standard InChI is InChI=1S/C22H21N3OS/c1-4-15-6-8-16(9-7-15)17-12-27-22-20(17)21(23-13-24-22)25-18-11-14(2)5-10-19(18)26-3/h5-13H,4H2,1-3H3,(H,23,24,25). The summed E-state index contributed by atoms with van der Waals surface area (Å²) in [6.07, 6.45) is 2.64. The van der Waals surface area contributed by atoms with Gasteiger partial charge in [0.2, 0.25) is 0 Å². The molecular weight excluding hydrogens is 354 g/mol. The van der Waals surface area contributed by atoms with E-state index < -0.39 is 0 Å². The lowest BCUT2D eigenvalue weighted by Crippen LogP contribution is -1.98. The molecule has 0 bridgehead atoms. The smallest absolute Gasteiger partial charge is 0.143 e. The quantitative estimate of drug-likeness (QED) is 0.466. The molecule has 0 aliphatic carbocycles. The van der Waals surface area contributed by atoms with Crippen molar-refractivity contribution < 1.29 is 4.74 Å². The van der Waals surface area contributed by atoms with Crippen LogP contribution in [0.15, 0.2) is 54.2 Å². The van der Waals surface area contributed by atoms with Gasteiger partial charge in [0.15, 0.2) is 0 Å². The van der Waals surface area contributed by atoms with Crippen LogP contribution in [-0.4, -0.2) is 17.1 Å². The van der Waals surface area contributed by atoms with Gasteiger partial charge in [0.05, 0.1) is 18.2 Å². The van der Waals surface area contributed by atoms with E-state index in [1.165, 1.54) is 11.1 Å². The number of benzene rings is 2. The highest BCUT2D eigenvalue weighted by Crippen LogP contribution is 2.38. The molecule has 0 fully saturated rings. The normalized spacial score (nSPS) is 10.9. The largest absolute Gasteiger partial charge is 0.495 e. The SMILES string of the molecule is CCc1ccc(-c2csc3ncnc(Nc4cc(C)ccc4OC)c23)cc1. The molecule has 0 aliphatic rings. The number of rotatable bonds is 5. The summed E-state index contributed by atoms with van der Waals surface area (Å²) < 4.78 is 5.50. The molecule has 0 saturated heterocycles. The molecule has 5 heteroatoms. The molecule has 27 heavy (non-hydrogen) atoms. The third-order valence-electron chi connectivity index (χ3n) is 4.65. The number of hydrogen-bond donors (Lipinski definition) is 1. The Balaban J connectivity index is 1.82. The number of aromatic nitrogens is 2. The molecule has 4 rings (SSSR count). The van der Waals surface area contributed by atoms with Crippen LogP contribution >= 0.6 is 11.3 Å². The summed E-state index contributed by atoms with van der Waals surface area (Å²) in [6, 6.07) is 14.8. The Kier molecular flexibility index (Phi) is 4.77. The topological polar surface area (TPSA) is 47.0 Å². The van der Waals surface area contributed by atoms with Crippen molar-refractivity contribution in [1.29, 1.82) is 0 Å². The fourth-order valence-corrected chi connectivity index (χ4v) is 4.07. The number of fused-ring (bicyclic) bond motifs is 1. The number of methoxy groups -OCH3 is 1. The van der Waals surface area contributed by atoms with E-state index >= 15 is 0 Å². The van der Waals surface area contributed by atoms with Gasteiger partial charge in [-0.2, -0.15) is 0 Å². The second kappa shape index (κ2) is 7.37. The van der Waals surface area contributed by atoms with Crippen LogP contribution in [0.3, 0.4) is 0 Å². The first-order chi connectivity index (χ1) is 13.2. The molecule has 0 saturated carbocycles. The zero-order valence-electron chi connectivity index (χ0n) is 15.6. The van der Waals surface area contributed by atoms with E-state index in [1.54, 1.807) is 24.8 Å². The minimum atomic E-state index is 0.788. The van der Waals surface area contributed by atoms with Crippen molar-refractivity contribution in [2.45, 2.75) is 20.3 Å². The number of nitrogens with one attached hydrogen (secondary N) is 1. The summed E-state index contributed by atoms with van der Waals surface area (Å²) in [6.45, 7) is 4.23. The molecule has 0 spiro atoms. The molecule has 2 aromatic heterocycles. The number of aryl methyl sites for hydroxylation is 2. The van der Waals surface area contributed by atoms with Gasteiger partial charge in [0, 0.05) is 10.9 Å². The Bertz CT molecular complexity index is 1090.